The van der Waals surface area contributed by atoms with Crippen molar-refractivity contribution in [3.05, 3.63) is 11.6 Å². The molecule has 38 heavy (non-hydrogen) atoms. The van der Waals surface area contributed by atoms with Crippen LogP contribution in [0.15, 0.2) is 6.33 Å². The fourth-order valence-corrected chi connectivity index (χ4v) is 11.3. The first-order chi connectivity index (χ1) is 17.8. The molecule has 4 bridgehead atoms. The number of rotatable bonds is 8. The monoisotopic (exact) mass is 591 g/mol. The van der Waals surface area contributed by atoms with Crippen molar-refractivity contribution >= 4 is 43.5 Å². The lowest BCUT2D eigenvalue weighted by Gasteiger charge is -2.57. The fraction of sp³-hybridized carbons (Fsp3) is 0.773. The van der Waals surface area contributed by atoms with Crippen LogP contribution in [0.25, 0.3) is 11.2 Å². The van der Waals surface area contributed by atoms with Gasteiger partial charge in [0, 0.05) is 11.7 Å². The summed E-state index contributed by atoms with van der Waals surface area (Å²) >= 11 is 6.31. The number of imidazole rings is 1. The molecular weight excluding hydrogens is 560 g/mol. The molecule has 2 aromatic rings. The van der Waals surface area contributed by atoms with Crippen LogP contribution < -0.4 is 5.32 Å². The van der Waals surface area contributed by atoms with Gasteiger partial charge in [0.2, 0.25) is 12.7 Å². The van der Waals surface area contributed by atoms with E-state index in [1.807, 2.05) is 0 Å². The number of nitrogens with one attached hydrogen (secondary N) is 1. The maximum atomic E-state index is 12.2. The van der Waals surface area contributed by atoms with Crippen molar-refractivity contribution in [2.24, 2.45) is 17.8 Å². The zero-order chi connectivity index (χ0) is 27.0. The molecule has 0 radical (unpaired) electrons. The number of aliphatic hydroxyl groups excluding tert-OH is 2. The Morgan fingerprint density at radius 3 is 2.29 bits per heavy atom. The molecule has 1 aliphatic heterocycles. The predicted molar refractivity (Wildman–Crippen MR) is 137 cm³/mol. The summed E-state index contributed by atoms with van der Waals surface area (Å²) in [5.41, 5.74) is 0.711. The number of fused-ring (bicyclic) bond motifs is 1. The van der Waals surface area contributed by atoms with E-state index < -0.39 is 51.6 Å². The number of hydrogen-bond donors (Lipinski definition) is 6. The maximum Gasteiger partial charge on any atom is 0.335 e. The van der Waals surface area contributed by atoms with Crippen molar-refractivity contribution in [2.45, 2.75) is 75.0 Å². The van der Waals surface area contributed by atoms with Crippen LogP contribution >= 0.6 is 26.6 Å². The first-order valence-corrected chi connectivity index (χ1v) is 17.1. The number of hydrogen-bond acceptors (Lipinski definition) is 9. The molecule has 16 heteroatoms. The van der Waals surface area contributed by atoms with Gasteiger partial charge < -0.3 is 34.9 Å². The SMILES string of the molecule is O=P(O)(O)CP(=O)(O)CC[C@H]1O[C@@H](n2cnc3c(NC45CC6CC(CC(C6)C4)C5)nc(Cl)nc32)C(O)[C@H]1O. The highest BCUT2D eigenvalue weighted by atomic mass is 35.5. The fourth-order valence-electron chi connectivity index (χ4n) is 7.56. The first kappa shape index (κ1) is 27.1. The van der Waals surface area contributed by atoms with Crippen LogP contribution in [-0.4, -0.2) is 80.3 Å². The first-order valence-electron chi connectivity index (χ1n) is 12.8. The van der Waals surface area contributed by atoms with Gasteiger partial charge in [0.1, 0.15) is 18.1 Å². The van der Waals surface area contributed by atoms with Gasteiger partial charge in [-0.3, -0.25) is 13.7 Å². The summed E-state index contributed by atoms with van der Waals surface area (Å²) in [6.07, 6.45) is 2.88. The molecule has 3 heterocycles. The van der Waals surface area contributed by atoms with Crippen LogP contribution in [0.5, 0.6) is 0 Å². The lowest BCUT2D eigenvalue weighted by molar-refractivity contribution is -0.0354. The minimum atomic E-state index is -4.70. The molecule has 210 valence electrons. The molecule has 5 fully saturated rings. The lowest BCUT2D eigenvalue weighted by atomic mass is 9.53. The number of ether oxygens (including phenoxy) is 1. The van der Waals surface area contributed by atoms with E-state index in [0.29, 0.717) is 17.0 Å². The molecule has 4 saturated carbocycles. The van der Waals surface area contributed by atoms with E-state index in [4.69, 9.17) is 26.1 Å². The van der Waals surface area contributed by atoms with Gasteiger partial charge in [0.15, 0.2) is 23.2 Å². The summed E-state index contributed by atoms with van der Waals surface area (Å²) < 4.78 is 30.7. The third kappa shape index (κ3) is 5.18. The molecule has 7 rings (SSSR count). The van der Waals surface area contributed by atoms with Gasteiger partial charge in [0.25, 0.3) is 0 Å². The summed E-state index contributed by atoms with van der Waals surface area (Å²) in [5, 5.41) is 25.0. The normalized spacial score (nSPS) is 38.1. The van der Waals surface area contributed by atoms with E-state index in [-0.39, 0.29) is 17.2 Å². The van der Waals surface area contributed by atoms with Crippen LogP contribution in [0.1, 0.15) is 51.2 Å². The number of nitrogens with zero attached hydrogens (tertiary/aromatic N) is 4. The third-order valence-electron chi connectivity index (χ3n) is 8.60. The average Bonchev–Trinajstić information content (AvgIpc) is 3.30. The molecule has 0 aromatic carbocycles. The molecule has 4 aliphatic carbocycles. The molecule has 6 N–H and O–H groups in total. The Kier molecular flexibility index (Phi) is 6.74. The third-order valence-corrected chi connectivity index (χ3v) is 13.0. The van der Waals surface area contributed by atoms with Gasteiger partial charge in [-0.05, 0) is 74.3 Å². The smallest absolute Gasteiger partial charge is 0.335 e. The minimum Gasteiger partial charge on any atom is -0.388 e. The van der Waals surface area contributed by atoms with Crippen molar-refractivity contribution in [1.82, 2.24) is 19.5 Å². The molecule has 0 amide bonds. The maximum absolute atomic E-state index is 12.2. The topological polar surface area (TPSA) is 200 Å². The Labute approximate surface area is 223 Å². The van der Waals surface area contributed by atoms with Gasteiger partial charge in [-0.25, -0.2) is 4.98 Å². The Bertz CT molecular complexity index is 1300. The number of aliphatic hydroxyl groups is 2. The quantitative estimate of drug-likeness (QED) is 0.193. The molecule has 2 aromatic heterocycles. The second-order valence-electron chi connectivity index (χ2n) is 11.7. The largest absolute Gasteiger partial charge is 0.388 e. The molecule has 0 spiro atoms. The number of anilines is 1. The Morgan fingerprint density at radius 2 is 1.68 bits per heavy atom. The highest BCUT2D eigenvalue weighted by Gasteiger charge is 2.51. The second-order valence-corrected chi connectivity index (χ2v) is 16.6. The van der Waals surface area contributed by atoms with E-state index in [0.717, 1.165) is 37.0 Å². The second kappa shape index (κ2) is 9.46. The van der Waals surface area contributed by atoms with Gasteiger partial charge in [-0.2, -0.15) is 9.97 Å². The highest BCUT2D eigenvalue weighted by Crippen LogP contribution is 2.57. The van der Waals surface area contributed by atoms with Crippen LogP contribution in [-0.2, 0) is 13.9 Å². The summed E-state index contributed by atoms with van der Waals surface area (Å²) in [7, 11) is -8.87. The van der Waals surface area contributed by atoms with Crippen LogP contribution in [0.4, 0.5) is 5.82 Å². The van der Waals surface area contributed by atoms with E-state index in [1.54, 1.807) is 0 Å². The van der Waals surface area contributed by atoms with E-state index in [9.17, 15) is 24.2 Å². The van der Waals surface area contributed by atoms with Crippen LogP contribution in [0.3, 0.4) is 0 Å². The highest BCUT2D eigenvalue weighted by molar-refractivity contribution is 7.72. The standard InChI is InChI=1S/C22H32ClN5O8P2/c23-21-25-18(27-22-6-11-3-12(7-22)5-13(4-11)8-22)15-19(26-21)28(9-24-15)20-17(30)16(29)14(36-20)1-2-37(31,32)10-38(33,34)35/h9,11-14,16-17,20,29-30H,1-8,10H2,(H,31,32)(H,25,26,27)(H2,33,34,35)/t11?,12?,13?,14-,16+,17?,20-,22?/m1/s1. The van der Waals surface area contributed by atoms with Crippen LogP contribution in [0, 0.1) is 17.8 Å². The van der Waals surface area contributed by atoms with E-state index in [2.05, 4.69) is 20.3 Å². The van der Waals surface area contributed by atoms with Gasteiger partial charge in [0.05, 0.1) is 12.4 Å². The molecule has 2 unspecified atom stereocenters. The van der Waals surface area contributed by atoms with Gasteiger partial charge in [-0.15, -0.1) is 0 Å². The molecule has 1 saturated heterocycles. The zero-order valence-electron chi connectivity index (χ0n) is 20.5. The summed E-state index contributed by atoms with van der Waals surface area (Å²) in [5.74, 6) is 1.51. The predicted octanol–water partition coefficient (Wildman–Crippen LogP) is 2.28. The van der Waals surface area contributed by atoms with Crippen molar-refractivity contribution in [3.63, 3.8) is 0 Å². The van der Waals surface area contributed by atoms with Crippen molar-refractivity contribution in [1.29, 1.82) is 0 Å². The van der Waals surface area contributed by atoms with Gasteiger partial charge in [-0.1, -0.05) is 0 Å². The van der Waals surface area contributed by atoms with Crippen molar-refractivity contribution in [2.75, 3.05) is 17.4 Å². The number of halogens is 1. The lowest BCUT2D eigenvalue weighted by Crippen LogP contribution is -2.54. The van der Waals surface area contributed by atoms with Gasteiger partial charge >= 0.3 is 7.60 Å². The molecule has 5 atom stereocenters. The van der Waals surface area contributed by atoms with Crippen molar-refractivity contribution < 1.29 is 38.8 Å². The summed E-state index contributed by atoms with van der Waals surface area (Å²) in [6.45, 7) is 0. The summed E-state index contributed by atoms with van der Waals surface area (Å²) in [4.78, 5) is 41.3. The minimum absolute atomic E-state index is 0.00489. The summed E-state index contributed by atoms with van der Waals surface area (Å²) in [6, 6.07) is 0. The van der Waals surface area contributed by atoms with E-state index >= 15 is 0 Å². The number of aromatic nitrogens is 4. The Morgan fingerprint density at radius 1 is 1.05 bits per heavy atom. The molecule has 5 aliphatic rings. The van der Waals surface area contributed by atoms with Crippen molar-refractivity contribution in [3.8, 4) is 0 Å². The Balaban J connectivity index is 1.23. The van der Waals surface area contributed by atoms with Crippen LogP contribution in [0.2, 0.25) is 5.28 Å². The Hall–Kier alpha value is -1.14. The average molecular weight is 592 g/mol. The van der Waals surface area contributed by atoms with E-state index in [1.165, 1.54) is 30.2 Å². The molecular formula is C22H32ClN5O8P2. The molecule has 13 nitrogen and oxygen atoms in total. The zero-order valence-corrected chi connectivity index (χ0v) is 23.0.